The lowest BCUT2D eigenvalue weighted by atomic mass is 9.98. The lowest BCUT2D eigenvalue weighted by molar-refractivity contribution is -0.307. The molecule has 0 saturated carbocycles. The topological polar surface area (TPSA) is 124 Å². The van der Waals surface area contributed by atoms with Gasteiger partial charge >= 0.3 is 23.9 Å². The van der Waals surface area contributed by atoms with Gasteiger partial charge < -0.3 is 28.4 Å². The third-order valence-electron chi connectivity index (χ3n) is 3.28. The maximum Gasteiger partial charge on any atom is 0.303 e. The molecule has 10 nitrogen and oxygen atoms in total. The number of carbonyl (C=O) groups excluding carboxylic acids is 4. The maximum atomic E-state index is 11.5. The van der Waals surface area contributed by atoms with E-state index in [0.29, 0.717) is 0 Å². The quantitative estimate of drug-likeness (QED) is 0.446. The Hall–Kier alpha value is -2.20. The van der Waals surface area contributed by atoms with Crippen molar-refractivity contribution >= 4 is 23.9 Å². The molecule has 0 aliphatic carbocycles. The number of carbonyl (C=O) groups is 4. The van der Waals surface area contributed by atoms with Crippen LogP contribution in [-0.4, -0.2) is 67.8 Å². The molecule has 0 N–H and O–H groups in total. The Morgan fingerprint density at radius 2 is 1.27 bits per heavy atom. The summed E-state index contributed by atoms with van der Waals surface area (Å²) in [4.78, 5) is 45.6. The van der Waals surface area contributed by atoms with Crippen LogP contribution < -0.4 is 0 Å². The maximum absolute atomic E-state index is 11.5. The Bertz CT molecular complexity index is 531. The van der Waals surface area contributed by atoms with Crippen molar-refractivity contribution in [3.8, 4) is 0 Å². The Labute approximate surface area is 151 Å². The summed E-state index contributed by atoms with van der Waals surface area (Å²) in [7, 11) is 0. The minimum absolute atomic E-state index is 0.202. The summed E-state index contributed by atoms with van der Waals surface area (Å²) in [5.41, 5.74) is 0. The highest BCUT2D eigenvalue weighted by molar-refractivity contribution is 5.68. The summed E-state index contributed by atoms with van der Waals surface area (Å²) in [5.74, 6) is -2.61. The highest BCUT2D eigenvalue weighted by Crippen LogP contribution is 2.29. The van der Waals surface area contributed by atoms with Crippen LogP contribution in [0.2, 0.25) is 0 Å². The molecule has 5 atom stereocenters. The Kier molecular flexibility index (Phi) is 8.46. The van der Waals surface area contributed by atoms with E-state index in [1.54, 1.807) is 6.92 Å². The molecule has 0 aromatic rings. The predicted molar refractivity (Wildman–Crippen MR) is 83.6 cm³/mol. The van der Waals surface area contributed by atoms with Gasteiger partial charge in [-0.25, -0.2) is 0 Å². The fourth-order valence-electron chi connectivity index (χ4n) is 2.49. The van der Waals surface area contributed by atoms with Gasteiger partial charge in [0.25, 0.3) is 0 Å². The second kappa shape index (κ2) is 10.1. The van der Waals surface area contributed by atoms with Gasteiger partial charge in [-0.05, 0) is 6.92 Å². The monoisotopic (exact) mass is 376 g/mol. The number of ether oxygens (including phenoxy) is 6. The summed E-state index contributed by atoms with van der Waals surface area (Å²) < 4.78 is 31.7. The molecule has 1 rings (SSSR count). The highest BCUT2D eigenvalue weighted by Gasteiger charge is 2.52. The molecule has 1 aliphatic rings. The van der Waals surface area contributed by atoms with Crippen molar-refractivity contribution in [1.29, 1.82) is 0 Å². The Morgan fingerprint density at radius 3 is 1.73 bits per heavy atom. The van der Waals surface area contributed by atoms with Gasteiger partial charge in [0, 0.05) is 34.3 Å². The van der Waals surface area contributed by atoms with E-state index < -0.39 is 54.6 Å². The van der Waals surface area contributed by atoms with Crippen molar-refractivity contribution < 1.29 is 47.6 Å². The van der Waals surface area contributed by atoms with Gasteiger partial charge in [0.1, 0.15) is 12.7 Å². The minimum atomic E-state index is -1.20. The standard InChI is InChI=1S/C16H24O10/c1-6-21-16-15(25-11(5)20)14(24-10(4)19)13(23-9(3)18)12(26-16)7-22-8(2)17/h12-16H,6-7H2,1-5H3/t12?,13-,14?,15-,16+/m0/s1. The van der Waals surface area contributed by atoms with Crippen LogP contribution in [0.4, 0.5) is 0 Å². The first-order chi connectivity index (χ1) is 12.1. The summed E-state index contributed by atoms with van der Waals surface area (Å²) in [5, 5.41) is 0. The van der Waals surface area contributed by atoms with Crippen molar-refractivity contribution in [1.82, 2.24) is 0 Å². The fourth-order valence-corrected chi connectivity index (χ4v) is 2.49. The van der Waals surface area contributed by atoms with Gasteiger partial charge in [0.2, 0.25) is 0 Å². The van der Waals surface area contributed by atoms with Crippen molar-refractivity contribution in [2.24, 2.45) is 0 Å². The minimum Gasteiger partial charge on any atom is -0.463 e. The summed E-state index contributed by atoms with van der Waals surface area (Å²) >= 11 is 0. The third-order valence-corrected chi connectivity index (χ3v) is 3.28. The molecule has 0 aromatic carbocycles. The van der Waals surface area contributed by atoms with E-state index in [1.165, 1.54) is 13.8 Å². The Morgan fingerprint density at radius 1 is 0.769 bits per heavy atom. The van der Waals surface area contributed by atoms with Crippen LogP contribution in [0.1, 0.15) is 34.6 Å². The predicted octanol–water partition coefficient (Wildman–Crippen LogP) is 0.106. The molecule has 0 bridgehead atoms. The second-order valence-corrected chi connectivity index (χ2v) is 5.52. The van der Waals surface area contributed by atoms with Crippen LogP contribution in [0.3, 0.4) is 0 Å². The molecule has 1 aliphatic heterocycles. The summed E-state index contributed by atoms with van der Waals surface area (Å²) in [6.45, 7) is 6.29. The summed E-state index contributed by atoms with van der Waals surface area (Å²) in [6.07, 6.45) is -5.65. The zero-order valence-corrected chi connectivity index (χ0v) is 15.4. The highest BCUT2D eigenvalue weighted by atomic mass is 16.7. The van der Waals surface area contributed by atoms with E-state index >= 15 is 0 Å². The van der Waals surface area contributed by atoms with Crippen LogP contribution in [0.25, 0.3) is 0 Å². The molecule has 1 fully saturated rings. The van der Waals surface area contributed by atoms with Crippen molar-refractivity contribution in [2.75, 3.05) is 13.2 Å². The molecular weight excluding hydrogens is 352 g/mol. The van der Waals surface area contributed by atoms with Gasteiger partial charge in [0.15, 0.2) is 24.6 Å². The average molecular weight is 376 g/mol. The molecular formula is C16H24O10. The zero-order valence-electron chi connectivity index (χ0n) is 15.4. The van der Waals surface area contributed by atoms with Crippen LogP contribution in [0, 0.1) is 0 Å². The number of hydrogen-bond donors (Lipinski definition) is 0. The molecule has 0 amide bonds. The largest absolute Gasteiger partial charge is 0.463 e. The van der Waals surface area contributed by atoms with Gasteiger partial charge in [-0.2, -0.15) is 0 Å². The molecule has 1 heterocycles. The van der Waals surface area contributed by atoms with E-state index in [-0.39, 0.29) is 13.2 Å². The summed E-state index contributed by atoms with van der Waals surface area (Å²) in [6, 6.07) is 0. The lowest BCUT2D eigenvalue weighted by Crippen LogP contribution is -2.62. The zero-order chi connectivity index (χ0) is 19.9. The SMILES string of the molecule is CCO[C@@H]1OC(COC(C)=O)[C@H](OC(C)=O)C(OC(C)=O)[C@@H]1OC(C)=O. The third kappa shape index (κ3) is 6.60. The average Bonchev–Trinajstić information content (AvgIpc) is 2.50. The van der Waals surface area contributed by atoms with E-state index in [4.69, 9.17) is 28.4 Å². The molecule has 0 aromatic heterocycles. The molecule has 0 spiro atoms. The lowest BCUT2D eigenvalue weighted by Gasteiger charge is -2.43. The van der Waals surface area contributed by atoms with Crippen molar-refractivity contribution in [2.45, 2.75) is 65.3 Å². The normalized spacial score (nSPS) is 28.0. The number of hydrogen-bond acceptors (Lipinski definition) is 10. The first-order valence-corrected chi connectivity index (χ1v) is 8.07. The van der Waals surface area contributed by atoms with Crippen molar-refractivity contribution in [3.05, 3.63) is 0 Å². The molecule has 26 heavy (non-hydrogen) atoms. The molecule has 0 radical (unpaired) electrons. The van der Waals surface area contributed by atoms with Gasteiger partial charge in [0.05, 0.1) is 0 Å². The van der Waals surface area contributed by atoms with Gasteiger partial charge in [-0.15, -0.1) is 0 Å². The number of rotatable bonds is 7. The first-order valence-electron chi connectivity index (χ1n) is 8.07. The number of esters is 4. The van der Waals surface area contributed by atoms with Crippen LogP contribution in [0.15, 0.2) is 0 Å². The molecule has 148 valence electrons. The second-order valence-electron chi connectivity index (χ2n) is 5.52. The Balaban J connectivity index is 3.22. The molecule has 1 saturated heterocycles. The van der Waals surface area contributed by atoms with E-state index in [0.717, 1.165) is 13.8 Å². The van der Waals surface area contributed by atoms with Crippen LogP contribution in [-0.2, 0) is 47.6 Å². The van der Waals surface area contributed by atoms with Crippen molar-refractivity contribution in [3.63, 3.8) is 0 Å². The van der Waals surface area contributed by atoms with Crippen LogP contribution >= 0.6 is 0 Å². The molecule has 2 unspecified atom stereocenters. The first kappa shape index (κ1) is 21.8. The van der Waals surface area contributed by atoms with E-state index in [9.17, 15) is 19.2 Å². The van der Waals surface area contributed by atoms with Gasteiger partial charge in [-0.1, -0.05) is 0 Å². The van der Waals surface area contributed by atoms with Crippen LogP contribution in [0.5, 0.6) is 0 Å². The van der Waals surface area contributed by atoms with Gasteiger partial charge in [-0.3, -0.25) is 19.2 Å². The molecule has 10 heteroatoms. The van der Waals surface area contributed by atoms with E-state index in [1.807, 2.05) is 0 Å². The van der Waals surface area contributed by atoms with E-state index in [2.05, 4.69) is 0 Å². The smallest absolute Gasteiger partial charge is 0.303 e. The fraction of sp³-hybridized carbons (Fsp3) is 0.750.